The smallest absolute Gasteiger partial charge is 1.00 e. The average Bonchev–Trinajstić information content (AvgIpc) is 2.74. The van der Waals surface area contributed by atoms with E-state index in [9.17, 15) is 0 Å². The van der Waals surface area contributed by atoms with Gasteiger partial charge in [-0.25, -0.2) is 6.08 Å². The van der Waals surface area contributed by atoms with E-state index in [2.05, 4.69) is 12.2 Å². The van der Waals surface area contributed by atoms with E-state index < -0.39 is 5.79 Å². The van der Waals surface area contributed by atoms with Crippen molar-refractivity contribution in [3.8, 4) is 0 Å². The van der Waals surface area contributed by atoms with Gasteiger partial charge in [-0.05, 0) is 32.1 Å². The van der Waals surface area contributed by atoms with Crippen LogP contribution >= 0.6 is 0 Å². The van der Waals surface area contributed by atoms with Gasteiger partial charge in [0.25, 0.3) is 0 Å². The molecule has 0 aromatic heterocycles. The Balaban J connectivity index is 0. The summed E-state index contributed by atoms with van der Waals surface area (Å²) in [6.45, 7) is 6.10. The fraction of sp³-hybridized carbons (Fsp3) is 0.467. The maximum absolute atomic E-state index is 6.04. The third-order valence-corrected chi connectivity index (χ3v) is 2.83. The van der Waals surface area contributed by atoms with Crippen LogP contribution in [0.2, 0.25) is 0 Å². The third kappa shape index (κ3) is 5.42. The van der Waals surface area contributed by atoms with Crippen molar-refractivity contribution in [2.45, 2.75) is 45.5 Å². The molecule has 0 saturated carbocycles. The summed E-state index contributed by atoms with van der Waals surface area (Å²) < 4.78 is 12.1. The first-order valence-corrected chi connectivity index (χ1v) is 6.10. The maximum Gasteiger partial charge on any atom is 3.00 e. The fourth-order valence-electron chi connectivity index (χ4n) is 2.02. The van der Waals surface area contributed by atoms with Crippen LogP contribution in [0, 0.1) is 6.08 Å². The summed E-state index contributed by atoms with van der Waals surface area (Å²) in [4.78, 5) is 0. The van der Waals surface area contributed by atoms with E-state index in [1.54, 1.807) is 0 Å². The van der Waals surface area contributed by atoms with Gasteiger partial charge in [-0.2, -0.15) is 12.2 Å². The van der Waals surface area contributed by atoms with Crippen molar-refractivity contribution in [3.05, 3.63) is 47.8 Å². The molecule has 1 radical (unpaired) electrons. The second-order valence-electron chi connectivity index (χ2n) is 4.65. The van der Waals surface area contributed by atoms with Gasteiger partial charge in [-0.3, -0.25) is 0 Å². The minimum atomic E-state index is -0.653. The zero-order chi connectivity index (χ0) is 12.3. The topological polar surface area (TPSA) is 18.5 Å². The van der Waals surface area contributed by atoms with Gasteiger partial charge < -0.3 is 34.3 Å². The van der Waals surface area contributed by atoms with E-state index in [1.165, 1.54) is 0 Å². The van der Waals surface area contributed by atoms with Crippen molar-refractivity contribution in [1.29, 1.82) is 0 Å². The zero-order valence-corrected chi connectivity index (χ0v) is 15.0. The molecule has 1 atom stereocenters. The number of rotatable bonds is 4. The monoisotopic (exact) mass is 349 g/mol. The number of halogens is 2. The van der Waals surface area contributed by atoms with Crippen LogP contribution in [0.25, 0.3) is 0 Å². The first-order chi connectivity index (χ1) is 8.12. The SMILES string of the molecule is CC1=CC=CCC1(OC1=[C-]CC=C1)OC(C)C.[Cl-].[Cl-].[Ti+3]. The van der Waals surface area contributed by atoms with Crippen molar-refractivity contribution in [3.63, 3.8) is 0 Å². The molecule has 0 N–H and O–H groups in total. The summed E-state index contributed by atoms with van der Waals surface area (Å²) in [7, 11) is 0. The molecule has 2 aliphatic carbocycles. The minimum Gasteiger partial charge on any atom is -1.00 e. The number of hydrogen-bond donors (Lipinski definition) is 0. The number of allylic oxidation sites excluding steroid dienone is 5. The van der Waals surface area contributed by atoms with Crippen LogP contribution in [-0.4, -0.2) is 11.9 Å². The van der Waals surface area contributed by atoms with Crippen molar-refractivity contribution in [1.82, 2.24) is 0 Å². The average molecular weight is 350 g/mol. The van der Waals surface area contributed by atoms with Gasteiger partial charge in [0.2, 0.25) is 5.79 Å². The Labute approximate surface area is 149 Å². The molecule has 0 amide bonds. The Morgan fingerprint density at radius 3 is 2.45 bits per heavy atom. The molecular formula is C15H19Cl2O2Ti. The van der Waals surface area contributed by atoms with Gasteiger partial charge in [0.15, 0.2) is 0 Å². The summed E-state index contributed by atoms with van der Waals surface area (Å²) in [6.07, 6.45) is 15.0. The van der Waals surface area contributed by atoms with Gasteiger partial charge in [0.1, 0.15) is 0 Å². The van der Waals surface area contributed by atoms with Gasteiger partial charge in [0, 0.05) is 6.42 Å². The van der Waals surface area contributed by atoms with E-state index in [4.69, 9.17) is 9.47 Å². The Morgan fingerprint density at radius 1 is 1.25 bits per heavy atom. The maximum atomic E-state index is 6.04. The second-order valence-corrected chi connectivity index (χ2v) is 4.65. The standard InChI is InChI=1S/C15H19O2.2ClH.Ti/c1-12(2)16-15(11-7-6-8-13(15)3)17-14-9-4-5-10-14;;;/h4,6-9,12H,5,11H2,1-3H3;2*1H;/q-1;;;+3/p-2. The van der Waals surface area contributed by atoms with Crippen LogP contribution in [0.5, 0.6) is 0 Å². The van der Waals surface area contributed by atoms with Crippen molar-refractivity contribution >= 4 is 0 Å². The first kappa shape index (κ1) is 22.3. The molecule has 2 aliphatic rings. The summed E-state index contributed by atoms with van der Waals surface area (Å²) >= 11 is 0. The van der Waals surface area contributed by atoms with Crippen molar-refractivity contribution < 1.29 is 56.0 Å². The normalized spacial score (nSPS) is 23.2. The molecule has 109 valence electrons. The molecule has 0 fully saturated rings. The first-order valence-electron chi connectivity index (χ1n) is 6.10. The van der Waals surface area contributed by atoms with Crippen molar-refractivity contribution in [2.24, 2.45) is 0 Å². The molecule has 0 bridgehead atoms. The largest absolute Gasteiger partial charge is 3.00 e. The molecule has 2 rings (SSSR count). The van der Waals surface area contributed by atoms with Crippen molar-refractivity contribution in [2.75, 3.05) is 0 Å². The number of hydrogen-bond acceptors (Lipinski definition) is 2. The zero-order valence-electron chi connectivity index (χ0n) is 12.0. The minimum absolute atomic E-state index is 0. The Morgan fingerprint density at radius 2 is 1.95 bits per heavy atom. The summed E-state index contributed by atoms with van der Waals surface area (Å²) in [5, 5.41) is 0. The van der Waals surface area contributed by atoms with Crippen LogP contribution in [0.15, 0.2) is 41.7 Å². The Bertz CT molecular complexity index is 414. The van der Waals surface area contributed by atoms with Crippen LogP contribution in [0.1, 0.15) is 33.6 Å². The van der Waals surface area contributed by atoms with Gasteiger partial charge in [0.05, 0.1) is 6.10 Å². The van der Waals surface area contributed by atoms with Crippen LogP contribution < -0.4 is 24.8 Å². The van der Waals surface area contributed by atoms with Crippen LogP contribution in [0.3, 0.4) is 0 Å². The molecule has 0 aliphatic heterocycles. The Kier molecular flexibility index (Phi) is 11.0. The van der Waals surface area contributed by atoms with E-state index in [0.29, 0.717) is 0 Å². The molecule has 0 heterocycles. The predicted octanol–water partition coefficient (Wildman–Crippen LogP) is -2.32. The molecule has 0 aromatic carbocycles. The molecule has 0 saturated heterocycles. The van der Waals surface area contributed by atoms with Crippen LogP contribution in [-0.2, 0) is 31.2 Å². The molecular weight excluding hydrogens is 331 g/mol. The van der Waals surface area contributed by atoms with Gasteiger partial charge >= 0.3 is 21.7 Å². The third-order valence-electron chi connectivity index (χ3n) is 2.83. The Hall–Kier alpha value is 0.0143. The molecule has 0 aromatic rings. The van der Waals surface area contributed by atoms with Gasteiger partial charge in [-0.1, -0.05) is 18.2 Å². The van der Waals surface area contributed by atoms with Crippen LogP contribution in [0.4, 0.5) is 0 Å². The second kappa shape index (κ2) is 9.86. The summed E-state index contributed by atoms with van der Waals surface area (Å²) in [5.74, 6) is 0.133. The molecule has 20 heavy (non-hydrogen) atoms. The predicted molar refractivity (Wildman–Crippen MR) is 68.1 cm³/mol. The number of ether oxygens (including phenoxy) is 2. The van der Waals surface area contributed by atoms with E-state index in [-0.39, 0.29) is 52.6 Å². The van der Waals surface area contributed by atoms with Gasteiger partial charge in [-0.15, -0.1) is 6.42 Å². The molecule has 5 heteroatoms. The fourth-order valence-corrected chi connectivity index (χ4v) is 2.02. The van der Waals surface area contributed by atoms with E-state index >= 15 is 0 Å². The van der Waals surface area contributed by atoms with E-state index in [0.717, 1.165) is 24.2 Å². The quantitative estimate of drug-likeness (QED) is 0.322. The molecule has 0 spiro atoms. The summed E-state index contributed by atoms with van der Waals surface area (Å²) in [6, 6.07) is 0. The summed E-state index contributed by atoms with van der Waals surface area (Å²) in [5.41, 5.74) is 1.10. The molecule has 2 nitrogen and oxygen atoms in total. The molecule has 1 unspecified atom stereocenters. The van der Waals surface area contributed by atoms with E-state index in [1.807, 2.05) is 45.1 Å².